The van der Waals surface area contributed by atoms with E-state index >= 15 is 0 Å². The predicted molar refractivity (Wildman–Crippen MR) is 98.7 cm³/mol. The first kappa shape index (κ1) is 19.1. The van der Waals surface area contributed by atoms with Crippen LogP contribution in [0.25, 0.3) is 0 Å². The highest BCUT2D eigenvalue weighted by Crippen LogP contribution is 2.16. The van der Waals surface area contributed by atoms with Gasteiger partial charge in [0.25, 0.3) is 5.91 Å². The van der Waals surface area contributed by atoms with Crippen LogP contribution in [0.5, 0.6) is 5.75 Å². The summed E-state index contributed by atoms with van der Waals surface area (Å²) in [5, 5.41) is 0. The van der Waals surface area contributed by atoms with Gasteiger partial charge < -0.3 is 9.64 Å². The Bertz CT molecular complexity index is 772. The quantitative estimate of drug-likeness (QED) is 0.511. The molecule has 0 saturated heterocycles. The van der Waals surface area contributed by atoms with E-state index in [9.17, 15) is 14.0 Å². The van der Waals surface area contributed by atoms with Gasteiger partial charge in [0.15, 0.2) is 12.4 Å². The van der Waals surface area contributed by atoms with E-state index in [4.69, 9.17) is 4.74 Å². The van der Waals surface area contributed by atoms with Crippen molar-refractivity contribution in [2.24, 2.45) is 0 Å². The van der Waals surface area contributed by atoms with Crippen LogP contribution in [0.4, 0.5) is 4.39 Å². The number of carbonyl (C=O) groups excluding carboxylic acids is 2. The lowest BCUT2D eigenvalue weighted by Gasteiger charge is -2.19. The Balaban J connectivity index is 1.97. The Morgan fingerprint density at radius 3 is 1.92 bits per heavy atom. The van der Waals surface area contributed by atoms with Crippen LogP contribution < -0.4 is 4.74 Å². The van der Waals surface area contributed by atoms with Crippen molar-refractivity contribution in [3.05, 3.63) is 90.8 Å². The number of carbonyl (C=O) groups is 2. The van der Waals surface area contributed by atoms with Crippen molar-refractivity contribution in [3.8, 4) is 5.75 Å². The first-order valence-electron chi connectivity index (χ1n) is 8.08. The summed E-state index contributed by atoms with van der Waals surface area (Å²) in [5.41, 5.74) is 0.856. The first-order valence-corrected chi connectivity index (χ1v) is 8.08. The molecular formula is C21H20FNO3. The van der Waals surface area contributed by atoms with Crippen LogP contribution in [-0.2, 0) is 4.79 Å². The molecule has 0 atom stereocenters. The fourth-order valence-corrected chi connectivity index (χ4v) is 2.30. The topological polar surface area (TPSA) is 46.6 Å². The molecule has 0 bridgehead atoms. The van der Waals surface area contributed by atoms with Gasteiger partial charge in [-0.1, -0.05) is 12.2 Å². The molecule has 0 aliphatic rings. The molecule has 0 aliphatic carbocycles. The Morgan fingerprint density at radius 2 is 1.42 bits per heavy atom. The summed E-state index contributed by atoms with van der Waals surface area (Å²) in [4.78, 5) is 26.0. The fourth-order valence-electron chi connectivity index (χ4n) is 2.30. The van der Waals surface area contributed by atoms with E-state index in [2.05, 4.69) is 13.2 Å². The van der Waals surface area contributed by atoms with Crippen molar-refractivity contribution in [1.29, 1.82) is 0 Å². The molecule has 0 spiro atoms. The molecule has 1 amide bonds. The van der Waals surface area contributed by atoms with Crippen LogP contribution in [-0.4, -0.2) is 36.3 Å². The normalized spacial score (nSPS) is 10.0. The molecule has 2 aromatic rings. The van der Waals surface area contributed by atoms with Crippen molar-refractivity contribution >= 4 is 11.7 Å². The number of hydrogen-bond acceptors (Lipinski definition) is 3. The van der Waals surface area contributed by atoms with Crippen LogP contribution in [0, 0.1) is 5.82 Å². The molecule has 2 aromatic carbocycles. The lowest BCUT2D eigenvalue weighted by Crippen LogP contribution is -2.35. The summed E-state index contributed by atoms with van der Waals surface area (Å²) in [6.45, 7) is 7.95. The highest BCUT2D eigenvalue weighted by molar-refractivity contribution is 6.09. The van der Waals surface area contributed by atoms with Crippen molar-refractivity contribution in [1.82, 2.24) is 4.90 Å². The summed E-state index contributed by atoms with van der Waals surface area (Å²) >= 11 is 0. The Kier molecular flexibility index (Phi) is 6.85. The maximum Gasteiger partial charge on any atom is 0.261 e. The highest BCUT2D eigenvalue weighted by Gasteiger charge is 2.12. The summed E-state index contributed by atoms with van der Waals surface area (Å²) in [5.74, 6) is -0.310. The third-order valence-electron chi connectivity index (χ3n) is 3.64. The standard InChI is InChI=1S/C21H20FNO3/c1-3-13-23(14-4-2)20(24)15-26-19-11-7-17(8-12-19)21(25)16-5-9-18(22)10-6-16/h3-12H,1-2,13-15H2. The molecule has 2 rings (SSSR count). The zero-order valence-electron chi connectivity index (χ0n) is 14.4. The second-order valence-electron chi connectivity index (χ2n) is 5.53. The molecular weight excluding hydrogens is 333 g/mol. The number of nitrogens with zero attached hydrogens (tertiary/aromatic N) is 1. The average molecular weight is 353 g/mol. The maximum atomic E-state index is 12.9. The van der Waals surface area contributed by atoms with Gasteiger partial charge in [-0.2, -0.15) is 0 Å². The molecule has 0 N–H and O–H groups in total. The maximum absolute atomic E-state index is 12.9. The van der Waals surface area contributed by atoms with Crippen LogP contribution in [0.15, 0.2) is 73.8 Å². The monoisotopic (exact) mass is 353 g/mol. The van der Waals surface area contributed by atoms with E-state index in [1.54, 1.807) is 41.3 Å². The van der Waals surface area contributed by atoms with E-state index < -0.39 is 5.82 Å². The van der Waals surface area contributed by atoms with Crippen LogP contribution in [0.1, 0.15) is 15.9 Å². The highest BCUT2D eigenvalue weighted by atomic mass is 19.1. The number of amides is 1. The molecule has 0 aliphatic heterocycles. The molecule has 0 heterocycles. The largest absolute Gasteiger partial charge is 0.484 e. The van der Waals surface area contributed by atoms with Gasteiger partial charge in [0.2, 0.25) is 0 Å². The molecule has 5 heteroatoms. The van der Waals surface area contributed by atoms with Crippen LogP contribution in [0.3, 0.4) is 0 Å². The first-order chi connectivity index (χ1) is 12.5. The predicted octanol–water partition coefficient (Wildman–Crippen LogP) is 3.64. The molecule has 0 fully saturated rings. The minimum absolute atomic E-state index is 0.118. The van der Waals surface area contributed by atoms with E-state index in [0.29, 0.717) is 30.0 Å². The average Bonchev–Trinajstić information content (AvgIpc) is 2.66. The molecule has 0 aromatic heterocycles. The van der Waals surface area contributed by atoms with Gasteiger partial charge >= 0.3 is 0 Å². The lowest BCUT2D eigenvalue weighted by molar-refractivity contribution is -0.132. The summed E-state index contributed by atoms with van der Waals surface area (Å²) in [6, 6.07) is 11.8. The Morgan fingerprint density at radius 1 is 0.923 bits per heavy atom. The van der Waals surface area contributed by atoms with Gasteiger partial charge in [-0.05, 0) is 48.5 Å². The molecule has 0 unspecified atom stereocenters. The molecule has 0 saturated carbocycles. The summed E-state index contributed by atoms with van der Waals surface area (Å²) < 4.78 is 18.4. The van der Waals surface area contributed by atoms with Crippen molar-refractivity contribution in [3.63, 3.8) is 0 Å². The van der Waals surface area contributed by atoms with E-state index in [-0.39, 0.29) is 18.3 Å². The number of ketones is 1. The number of hydrogen-bond donors (Lipinski definition) is 0. The van der Waals surface area contributed by atoms with E-state index in [1.807, 2.05) is 0 Å². The van der Waals surface area contributed by atoms with Gasteiger partial charge in [0.1, 0.15) is 11.6 Å². The smallest absolute Gasteiger partial charge is 0.261 e. The minimum Gasteiger partial charge on any atom is -0.484 e. The number of benzene rings is 2. The molecule has 0 radical (unpaired) electrons. The zero-order valence-corrected chi connectivity index (χ0v) is 14.4. The second kappa shape index (κ2) is 9.32. The Labute approximate surface area is 152 Å². The molecule has 26 heavy (non-hydrogen) atoms. The van der Waals surface area contributed by atoms with Crippen LogP contribution in [0.2, 0.25) is 0 Å². The SMILES string of the molecule is C=CCN(CC=C)C(=O)COc1ccc(C(=O)c2ccc(F)cc2)cc1. The number of ether oxygens (including phenoxy) is 1. The van der Waals surface area contributed by atoms with Gasteiger partial charge in [-0.15, -0.1) is 13.2 Å². The van der Waals surface area contributed by atoms with E-state index in [1.165, 1.54) is 24.3 Å². The van der Waals surface area contributed by atoms with Crippen molar-refractivity contribution in [2.45, 2.75) is 0 Å². The van der Waals surface area contributed by atoms with Gasteiger partial charge in [-0.3, -0.25) is 9.59 Å². The van der Waals surface area contributed by atoms with Gasteiger partial charge in [0.05, 0.1) is 0 Å². The second-order valence-corrected chi connectivity index (χ2v) is 5.53. The number of halogens is 1. The van der Waals surface area contributed by atoms with E-state index in [0.717, 1.165) is 0 Å². The third-order valence-corrected chi connectivity index (χ3v) is 3.64. The molecule has 134 valence electrons. The minimum atomic E-state index is -0.392. The lowest BCUT2D eigenvalue weighted by atomic mass is 10.0. The fraction of sp³-hybridized carbons (Fsp3) is 0.143. The molecule has 4 nitrogen and oxygen atoms in total. The Hall–Kier alpha value is -3.21. The van der Waals surface area contributed by atoms with Crippen LogP contribution >= 0.6 is 0 Å². The third kappa shape index (κ3) is 5.14. The number of rotatable bonds is 9. The summed E-state index contributed by atoms with van der Waals surface area (Å²) in [6.07, 6.45) is 3.27. The van der Waals surface area contributed by atoms with Crippen molar-refractivity contribution in [2.75, 3.05) is 19.7 Å². The zero-order chi connectivity index (χ0) is 18.9. The van der Waals surface area contributed by atoms with Gasteiger partial charge in [0, 0.05) is 24.2 Å². The van der Waals surface area contributed by atoms with Crippen molar-refractivity contribution < 1.29 is 18.7 Å². The van der Waals surface area contributed by atoms with Gasteiger partial charge in [-0.25, -0.2) is 4.39 Å². The summed E-state index contributed by atoms with van der Waals surface area (Å²) in [7, 11) is 0.